The number of carbonyl (C=O) groups excluding carboxylic acids is 3. The number of hydrogen-bond donors (Lipinski definition) is 0. The molecule has 106 valence electrons. The molecule has 0 aliphatic carbocycles. The molecule has 0 aromatic carbocycles. The first-order valence-corrected chi connectivity index (χ1v) is 5.73. The molecular formula is C13H18O6. The van der Waals surface area contributed by atoms with Gasteiger partial charge in [0.15, 0.2) is 12.2 Å². The van der Waals surface area contributed by atoms with E-state index in [4.69, 9.17) is 20.6 Å². The molecule has 0 heterocycles. The summed E-state index contributed by atoms with van der Waals surface area (Å²) in [4.78, 5) is 33.0. The van der Waals surface area contributed by atoms with Crippen molar-refractivity contribution in [1.82, 2.24) is 0 Å². The first-order valence-electron chi connectivity index (χ1n) is 5.73. The van der Waals surface area contributed by atoms with E-state index >= 15 is 0 Å². The predicted molar refractivity (Wildman–Crippen MR) is 65.8 cm³/mol. The summed E-state index contributed by atoms with van der Waals surface area (Å²) in [6, 6.07) is 0. The fraction of sp³-hybridized carbons (Fsp3) is 0.615. The summed E-state index contributed by atoms with van der Waals surface area (Å²) < 4.78 is 15.0. The van der Waals surface area contributed by atoms with Gasteiger partial charge in [0.05, 0.1) is 0 Å². The molecule has 0 spiro atoms. The van der Waals surface area contributed by atoms with Crippen LogP contribution in [0.25, 0.3) is 0 Å². The second-order valence-electron chi connectivity index (χ2n) is 3.94. The smallest absolute Gasteiger partial charge is 0.303 e. The standard InChI is InChI=1S/C13H18O6/c1-6-7-12(18-10(4)15)13(19-11(5)16)8(2)17-9(3)14/h1,8,12-13H,7H2,2-5H3/t8-,12+,13+/m0/s1. The van der Waals surface area contributed by atoms with Crippen molar-refractivity contribution in [3.63, 3.8) is 0 Å². The molecule has 0 fully saturated rings. The predicted octanol–water partition coefficient (Wildman–Crippen LogP) is 0.825. The van der Waals surface area contributed by atoms with Gasteiger partial charge in [-0.15, -0.1) is 12.3 Å². The minimum absolute atomic E-state index is 0.0448. The van der Waals surface area contributed by atoms with Crippen LogP contribution in [0, 0.1) is 12.3 Å². The molecule has 0 aliphatic rings. The van der Waals surface area contributed by atoms with E-state index in [9.17, 15) is 14.4 Å². The number of ether oxygens (including phenoxy) is 3. The van der Waals surface area contributed by atoms with Gasteiger partial charge in [-0.05, 0) is 6.92 Å². The van der Waals surface area contributed by atoms with E-state index in [1.807, 2.05) is 0 Å². The monoisotopic (exact) mass is 270 g/mol. The van der Waals surface area contributed by atoms with Gasteiger partial charge in [0, 0.05) is 27.2 Å². The van der Waals surface area contributed by atoms with Crippen molar-refractivity contribution in [2.45, 2.75) is 52.4 Å². The van der Waals surface area contributed by atoms with Crippen LogP contribution in [0.5, 0.6) is 0 Å². The molecule has 0 aliphatic heterocycles. The first kappa shape index (κ1) is 17.0. The Morgan fingerprint density at radius 1 is 1.00 bits per heavy atom. The van der Waals surface area contributed by atoms with E-state index in [1.165, 1.54) is 27.7 Å². The van der Waals surface area contributed by atoms with Crippen molar-refractivity contribution >= 4 is 17.9 Å². The van der Waals surface area contributed by atoms with Crippen LogP contribution in [0.2, 0.25) is 0 Å². The zero-order valence-electron chi connectivity index (χ0n) is 11.5. The Labute approximate surface area is 112 Å². The van der Waals surface area contributed by atoms with Gasteiger partial charge in [-0.25, -0.2) is 0 Å². The zero-order valence-corrected chi connectivity index (χ0v) is 11.5. The summed E-state index contributed by atoms with van der Waals surface area (Å²) >= 11 is 0. The number of hydrogen-bond acceptors (Lipinski definition) is 6. The fourth-order valence-electron chi connectivity index (χ4n) is 1.55. The van der Waals surface area contributed by atoms with E-state index in [-0.39, 0.29) is 6.42 Å². The molecule has 0 aromatic rings. The van der Waals surface area contributed by atoms with Crippen molar-refractivity contribution in [2.24, 2.45) is 0 Å². The van der Waals surface area contributed by atoms with Gasteiger partial charge >= 0.3 is 17.9 Å². The summed E-state index contributed by atoms with van der Waals surface area (Å²) in [5.41, 5.74) is 0. The Kier molecular flexibility index (Phi) is 7.27. The quantitative estimate of drug-likeness (QED) is 0.404. The molecule has 0 saturated carbocycles. The summed E-state index contributed by atoms with van der Waals surface area (Å²) in [5.74, 6) is 0.643. The van der Waals surface area contributed by atoms with Gasteiger partial charge in [0.1, 0.15) is 6.10 Å². The maximum Gasteiger partial charge on any atom is 0.303 e. The zero-order chi connectivity index (χ0) is 15.0. The van der Waals surface area contributed by atoms with Crippen LogP contribution >= 0.6 is 0 Å². The van der Waals surface area contributed by atoms with Gasteiger partial charge in [-0.1, -0.05) is 0 Å². The second kappa shape index (κ2) is 8.14. The summed E-state index contributed by atoms with van der Waals surface area (Å²) in [7, 11) is 0. The molecule has 0 unspecified atom stereocenters. The molecule has 0 saturated heterocycles. The third kappa shape index (κ3) is 7.09. The number of terminal acetylenes is 1. The molecule has 0 radical (unpaired) electrons. The molecule has 6 heteroatoms. The molecule has 0 N–H and O–H groups in total. The lowest BCUT2D eigenvalue weighted by Gasteiger charge is -2.29. The van der Waals surface area contributed by atoms with Crippen molar-refractivity contribution in [3.05, 3.63) is 0 Å². The molecule has 0 bridgehead atoms. The molecule has 3 atom stereocenters. The Hall–Kier alpha value is -2.03. The maximum atomic E-state index is 11.1. The third-order valence-corrected chi connectivity index (χ3v) is 2.12. The first-order chi connectivity index (χ1) is 8.77. The van der Waals surface area contributed by atoms with Crippen LogP contribution < -0.4 is 0 Å². The van der Waals surface area contributed by atoms with Gasteiger partial charge in [-0.2, -0.15) is 0 Å². The summed E-state index contributed by atoms with van der Waals surface area (Å²) in [6.07, 6.45) is 2.65. The summed E-state index contributed by atoms with van der Waals surface area (Å²) in [5, 5.41) is 0. The summed E-state index contributed by atoms with van der Waals surface area (Å²) in [6.45, 7) is 5.17. The Morgan fingerprint density at radius 3 is 1.84 bits per heavy atom. The SMILES string of the molecule is C#CC[C@@H](OC(C)=O)[C@H](OC(C)=O)[C@H](C)OC(C)=O. The van der Waals surface area contributed by atoms with Gasteiger partial charge in [-0.3, -0.25) is 14.4 Å². The van der Waals surface area contributed by atoms with E-state index < -0.39 is 36.2 Å². The van der Waals surface area contributed by atoms with Crippen LogP contribution in [0.1, 0.15) is 34.1 Å². The van der Waals surface area contributed by atoms with Gasteiger partial charge < -0.3 is 14.2 Å². The topological polar surface area (TPSA) is 78.9 Å². The highest BCUT2D eigenvalue weighted by Gasteiger charge is 2.33. The van der Waals surface area contributed by atoms with Gasteiger partial charge in [0.2, 0.25) is 0 Å². The minimum atomic E-state index is -0.943. The highest BCUT2D eigenvalue weighted by molar-refractivity contribution is 5.68. The van der Waals surface area contributed by atoms with Crippen LogP contribution in [0.15, 0.2) is 0 Å². The lowest BCUT2D eigenvalue weighted by Crippen LogP contribution is -2.43. The largest absolute Gasteiger partial charge is 0.459 e. The lowest BCUT2D eigenvalue weighted by molar-refractivity contribution is -0.180. The fourth-order valence-corrected chi connectivity index (χ4v) is 1.55. The van der Waals surface area contributed by atoms with Crippen molar-refractivity contribution in [2.75, 3.05) is 0 Å². The molecule has 6 nitrogen and oxygen atoms in total. The van der Waals surface area contributed by atoms with E-state index in [1.54, 1.807) is 0 Å². The maximum absolute atomic E-state index is 11.1. The normalized spacial score (nSPS) is 14.5. The highest BCUT2D eigenvalue weighted by atomic mass is 16.6. The van der Waals surface area contributed by atoms with Crippen LogP contribution in [-0.4, -0.2) is 36.2 Å². The van der Waals surface area contributed by atoms with Gasteiger partial charge in [0.25, 0.3) is 0 Å². The number of rotatable bonds is 6. The lowest BCUT2D eigenvalue weighted by atomic mass is 10.1. The number of carbonyl (C=O) groups is 3. The number of esters is 3. The van der Waals surface area contributed by atoms with Crippen molar-refractivity contribution in [1.29, 1.82) is 0 Å². The average Bonchev–Trinajstić information content (AvgIpc) is 2.23. The van der Waals surface area contributed by atoms with Crippen LogP contribution in [0.3, 0.4) is 0 Å². The highest BCUT2D eigenvalue weighted by Crippen LogP contribution is 2.16. The second-order valence-corrected chi connectivity index (χ2v) is 3.94. The third-order valence-electron chi connectivity index (χ3n) is 2.12. The van der Waals surface area contributed by atoms with E-state index in [2.05, 4.69) is 5.92 Å². The van der Waals surface area contributed by atoms with Crippen LogP contribution in [0.4, 0.5) is 0 Å². The molecule has 0 aromatic heterocycles. The Morgan fingerprint density at radius 2 is 1.47 bits per heavy atom. The molecule has 0 rings (SSSR count). The molecule has 19 heavy (non-hydrogen) atoms. The Bertz CT molecular complexity index is 381. The van der Waals surface area contributed by atoms with Crippen molar-refractivity contribution < 1.29 is 28.6 Å². The minimum Gasteiger partial charge on any atom is -0.459 e. The van der Waals surface area contributed by atoms with Crippen molar-refractivity contribution in [3.8, 4) is 12.3 Å². The Balaban J connectivity index is 5.03. The average molecular weight is 270 g/mol. The van der Waals surface area contributed by atoms with E-state index in [0.29, 0.717) is 0 Å². The van der Waals surface area contributed by atoms with Crippen LogP contribution in [-0.2, 0) is 28.6 Å². The molecular weight excluding hydrogens is 252 g/mol. The molecule has 0 amide bonds. The van der Waals surface area contributed by atoms with E-state index in [0.717, 1.165) is 0 Å².